The van der Waals surface area contributed by atoms with Gasteiger partial charge in [0.1, 0.15) is 0 Å². The number of rotatable bonds is 3. The molecule has 1 aliphatic heterocycles. The molecule has 1 aromatic rings. The third kappa shape index (κ3) is 5.28. The first-order valence-corrected chi connectivity index (χ1v) is 6.75. The van der Waals surface area contributed by atoms with Crippen LogP contribution in [0.15, 0.2) is 24.3 Å². The maximum Gasteiger partial charge on any atom is 0.0824 e. The van der Waals surface area contributed by atoms with Crippen LogP contribution in [0.5, 0.6) is 0 Å². The minimum Gasteiger partial charge on any atom is -0.368 e. The number of carbonyl (C=O) groups excluding carboxylic acids is 1. The van der Waals surface area contributed by atoms with Gasteiger partial charge in [-0.3, -0.25) is 0 Å². The Labute approximate surface area is 154 Å². The Morgan fingerprint density at radius 3 is 2.14 bits per heavy atom. The average Bonchev–Trinajstić information content (AvgIpc) is 2.46. The summed E-state index contributed by atoms with van der Waals surface area (Å²) in [5.41, 5.74) is 2.51. The van der Waals surface area contributed by atoms with Crippen molar-refractivity contribution in [3.63, 3.8) is 0 Å². The largest absolute Gasteiger partial charge is 0.368 e. The molecule has 1 saturated heterocycles. The van der Waals surface area contributed by atoms with Gasteiger partial charge in [-0.25, -0.2) is 0 Å². The zero-order valence-corrected chi connectivity index (χ0v) is 16.1. The summed E-state index contributed by atoms with van der Waals surface area (Å²) in [5.74, 6) is -0.0714. The van der Waals surface area contributed by atoms with Crippen molar-refractivity contribution in [3.8, 4) is 0 Å². The summed E-state index contributed by atoms with van der Waals surface area (Å²) in [6.07, 6.45) is 0. The Bertz CT molecular complexity index is 428. The number of benzene rings is 1. The summed E-state index contributed by atoms with van der Waals surface area (Å²) >= 11 is 0. The van der Waals surface area contributed by atoms with Crippen LogP contribution in [0.3, 0.4) is 0 Å². The number of hydrogen-bond acceptors (Lipinski definition) is 3. The molecular formula is C16H25N3OY-2. The van der Waals surface area contributed by atoms with E-state index in [0.717, 1.165) is 26.2 Å². The van der Waals surface area contributed by atoms with Crippen molar-refractivity contribution in [3.05, 3.63) is 44.2 Å². The fourth-order valence-electron chi connectivity index (χ4n) is 2.35. The van der Waals surface area contributed by atoms with E-state index >= 15 is 0 Å². The van der Waals surface area contributed by atoms with Crippen LogP contribution in [0.1, 0.15) is 18.5 Å². The summed E-state index contributed by atoms with van der Waals surface area (Å²) in [7, 11) is 1.97. The van der Waals surface area contributed by atoms with Crippen molar-refractivity contribution in [2.45, 2.75) is 13.0 Å². The van der Waals surface area contributed by atoms with Gasteiger partial charge in [0, 0.05) is 70.6 Å². The maximum absolute atomic E-state index is 11.2. The van der Waals surface area contributed by atoms with Crippen LogP contribution in [0, 0.1) is 14.4 Å². The van der Waals surface area contributed by atoms with Gasteiger partial charge in [-0.2, -0.15) is 0 Å². The molecule has 0 saturated carbocycles. The second kappa shape index (κ2) is 9.44. The summed E-state index contributed by atoms with van der Waals surface area (Å²) in [5, 5.41) is 3.23. The minimum absolute atomic E-state index is 0. The van der Waals surface area contributed by atoms with Gasteiger partial charge in [0.25, 0.3) is 0 Å². The zero-order chi connectivity index (χ0) is 13.8. The molecule has 1 N–H and O–H groups in total. The number of amides is 1. The first-order chi connectivity index (χ1) is 9.11. The molecule has 0 unspecified atom stereocenters. The fraction of sp³-hybridized carbons (Fsp3) is 0.438. The van der Waals surface area contributed by atoms with Crippen molar-refractivity contribution in [2.75, 3.05) is 38.1 Å². The molecule has 1 amide bonds. The molecule has 1 atom stereocenters. The van der Waals surface area contributed by atoms with E-state index in [0.29, 0.717) is 6.04 Å². The van der Waals surface area contributed by atoms with Crippen LogP contribution >= 0.6 is 0 Å². The predicted octanol–water partition coefficient (Wildman–Crippen LogP) is 1.90. The van der Waals surface area contributed by atoms with Crippen LogP contribution < -0.4 is 10.2 Å². The SMILES string of the molecule is [CH2-]C(=O)N1CCN(c2ccc([C@@H](C)NC)cc2)CC1.[CH3-].[Y]. The van der Waals surface area contributed by atoms with Crippen LogP contribution in [0.4, 0.5) is 5.69 Å². The number of carbonyl (C=O) groups is 1. The van der Waals surface area contributed by atoms with Crippen LogP contribution in [0.25, 0.3) is 0 Å². The topological polar surface area (TPSA) is 35.6 Å². The normalized spacial score (nSPS) is 15.7. The molecule has 2 rings (SSSR count). The third-order valence-electron chi connectivity index (χ3n) is 3.82. The minimum atomic E-state index is -0.0714. The molecule has 0 spiro atoms. The van der Waals surface area contributed by atoms with Crippen molar-refractivity contribution >= 4 is 11.6 Å². The molecule has 5 heteroatoms. The van der Waals surface area contributed by atoms with E-state index in [9.17, 15) is 4.79 Å². The van der Waals surface area contributed by atoms with Gasteiger partial charge in [0.15, 0.2) is 0 Å². The van der Waals surface area contributed by atoms with E-state index in [-0.39, 0.29) is 46.0 Å². The molecule has 0 aromatic heterocycles. The monoisotopic (exact) mass is 364 g/mol. The molecule has 0 bridgehead atoms. The Morgan fingerprint density at radius 1 is 1.19 bits per heavy atom. The molecule has 1 aliphatic rings. The third-order valence-corrected chi connectivity index (χ3v) is 3.82. The molecule has 0 aliphatic carbocycles. The molecule has 21 heavy (non-hydrogen) atoms. The molecular weight excluding hydrogens is 339 g/mol. The maximum atomic E-state index is 11.2. The van der Waals surface area contributed by atoms with Crippen molar-refractivity contribution in [1.29, 1.82) is 0 Å². The molecule has 1 heterocycles. The van der Waals surface area contributed by atoms with Crippen LogP contribution in [-0.4, -0.2) is 44.0 Å². The zero-order valence-electron chi connectivity index (χ0n) is 13.3. The van der Waals surface area contributed by atoms with E-state index in [1.807, 2.05) is 7.05 Å². The average molecular weight is 364 g/mol. The first kappa shape index (κ1) is 20.4. The number of nitrogens with zero attached hydrogens (tertiary/aromatic N) is 2. The van der Waals surface area contributed by atoms with E-state index in [2.05, 4.69) is 48.3 Å². The number of piperazine rings is 1. The molecule has 4 nitrogen and oxygen atoms in total. The number of hydrogen-bond donors (Lipinski definition) is 1. The van der Waals surface area contributed by atoms with Gasteiger partial charge in [0.05, 0.1) is 5.91 Å². The van der Waals surface area contributed by atoms with Gasteiger partial charge in [0.2, 0.25) is 0 Å². The van der Waals surface area contributed by atoms with Crippen LogP contribution in [0.2, 0.25) is 0 Å². The second-order valence-electron chi connectivity index (χ2n) is 4.97. The Hall–Kier alpha value is -0.576. The van der Waals surface area contributed by atoms with Crippen molar-refractivity contribution in [2.24, 2.45) is 0 Å². The second-order valence-corrected chi connectivity index (χ2v) is 4.97. The quantitative estimate of drug-likeness (QED) is 0.833. The van der Waals surface area contributed by atoms with Gasteiger partial charge < -0.3 is 34.3 Å². The number of nitrogens with one attached hydrogen (secondary N) is 1. The van der Waals surface area contributed by atoms with E-state index in [4.69, 9.17) is 0 Å². The van der Waals surface area contributed by atoms with E-state index in [1.54, 1.807) is 4.90 Å². The number of anilines is 1. The van der Waals surface area contributed by atoms with Gasteiger partial charge >= 0.3 is 0 Å². The Morgan fingerprint density at radius 2 is 1.71 bits per heavy atom. The van der Waals surface area contributed by atoms with E-state index in [1.165, 1.54) is 11.3 Å². The van der Waals surface area contributed by atoms with Gasteiger partial charge in [-0.05, 0) is 31.7 Å². The van der Waals surface area contributed by atoms with Crippen molar-refractivity contribution in [1.82, 2.24) is 10.2 Å². The van der Waals surface area contributed by atoms with Gasteiger partial charge in [-0.1, -0.05) is 12.1 Å². The Balaban J connectivity index is 0.00000200. The summed E-state index contributed by atoms with van der Waals surface area (Å²) in [4.78, 5) is 15.3. The van der Waals surface area contributed by atoms with Gasteiger partial charge in [-0.15, -0.1) is 0 Å². The molecule has 1 radical (unpaired) electrons. The molecule has 1 aromatic carbocycles. The summed E-state index contributed by atoms with van der Waals surface area (Å²) < 4.78 is 0. The van der Waals surface area contributed by atoms with Crippen LogP contribution in [-0.2, 0) is 37.5 Å². The summed E-state index contributed by atoms with van der Waals surface area (Å²) in [6, 6.07) is 9.01. The fourth-order valence-corrected chi connectivity index (χ4v) is 2.35. The standard InChI is InChI=1S/C15H22N3O.CH3.Y/c1-12(16-3)14-4-6-15(7-5-14)18-10-8-17(9-11-18)13(2)19;;/h4-7,12,16H,2,8-11H2,1,3H3;1H3;/q2*-1;/t12-;;/m1../s1. The smallest absolute Gasteiger partial charge is 0.0824 e. The first-order valence-electron chi connectivity index (χ1n) is 6.75. The Kier molecular flexibility index (Phi) is 9.18. The molecule has 1 fully saturated rings. The van der Waals surface area contributed by atoms with E-state index < -0.39 is 0 Å². The predicted molar refractivity (Wildman–Crippen MR) is 84.5 cm³/mol. The summed E-state index contributed by atoms with van der Waals surface area (Å²) in [6.45, 7) is 8.88. The molecule has 115 valence electrons. The van der Waals surface area contributed by atoms with Crippen molar-refractivity contribution < 1.29 is 37.5 Å².